The molecule has 0 aliphatic rings. The van der Waals surface area contributed by atoms with E-state index in [0.717, 1.165) is 17.2 Å². The van der Waals surface area contributed by atoms with Gasteiger partial charge in [0.1, 0.15) is 13.1 Å². The Morgan fingerprint density at radius 2 is 1.94 bits per heavy atom. The number of hydrogen-bond acceptors (Lipinski definition) is 4. The van der Waals surface area contributed by atoms with E-state index in [4.69, 9.17) is 10.8 Å². The van der Waals surface area contributed by atoms with Crippen molar-refractivity contribution in [2.45, 2.75) is 0 Å². The van der Waals surface area contributed by atoms with Crippen molar-refractivity contribution >= 4 is 17.8 Å². The molecule has 0 aliphatic carbocycles. The number of nitrogens with one attached hydrogen (secondary N) is 1. The van der Waals surface area contributed by atoms with E-state index < -0.39 is 36.4 Å². The van der Waals surface area contributed by atoms with Crippen LogP contribution in [0.1, 0.15) is 10.4 Å². The number of carbonyl (C=O) groups is 3. The maximum absolute atomic E-state index is 11.9. The molecule has 2 amide bonds. The maximum atomic E-state index is 11.9. The summed E-state index contributed by atoms with van der Waals surface area (Å²) in [5.74, 6) is -2.80. The molecular formula is C10H11N3O5. The van der Waals surface area contributed by atoms with Crippen molar-refractivity contribution in [3.8, 4) is 0 Å². The first-order valence-electron chi connectivity index (χ1n) is 4.88. The normalized spacial score (nSPS) is 9.78. The third-order valence-corrected chi connectivity index (χ3v) is 1.99. The molecule has 1 heterocycles. The van der Waals surface area contributed by atoms with Gasteiger partial charge in [0.2, 0.25) is 11.5 Å². The fourth-order valence-electron chi connectivity index (χ4n) is 1.28. The molecule has 18 heavy (non-hydrogen) atoms. The second-order valence-corrected chi connectivity index (χ2v) is 3.46. The Bertz CT molecular complexity index is 500. The number of amides is 2. The molecule has 4 N–H and O–H groups in total. The van der Waals surface area contributed by atoms with Crippen molar-refractivity contribution in [2.75, 3.05) is 13.1 Å². The Morgan fingerprint density at radius 3 is 2.39 bits per heavy atom. The first-order valence-corrected chi connectivity index (χ1v) is 4.88. The van der Waals surface area contributed by atoms with E-state index in [1.807, 2.05) is 0 Å². The molecule has 0 atom stereocenters. The Balaban J connectivity index is 2.93. The highest BCUT2D eigenvalue weighted by molar-refractivity contribution is 5.97. The quantitative estimate of drug-likeness (QED) is 0.580. The smallest absolute Gasteiger partial charge is 0.323 e. The first kappa shape index (κ1) is 13.4. The van der Waals surface area contributed by atoms with E-state index in [2.05, 4.69) is 4.98 Å². The van der Waals surface area contributed by atoms with Crippen LogP contribution in [0.5, 0.6) is 0 Å². The molecule has 0 saturated carbocycles. The Hall–Kier alpha value is -2.64. The van der Waals surface area contributed by atoms with Gasteiger partial charge < -0.3 is 20.7 Å². The number of nitrogens with zero attached hydrogens (tertiary/aromatic N) is 1. The number of hydrogen-bond donors (Lipinski definition) is 3. The summed E-state index contributed by atoms with van der Waals surface area (Å²) < 4.78 is 0. The number of H-pyrrole nitrogens is 1. The zero-order valence-corrected chi connectivity index (χ0v) is 9.25. The van der Waals surface area contributed by atoms with Crippen LogP contribution >= 0.6 is 0 Å². The van der Waals surface area contributed by atoms with E-state index in [9.17, 15) is 19.2 Å². The van der Waals surface area contributed by atoms with Gasteiger partial charge in [0.25, 0.3) is 5.91 Å². The Kier molecular flexibility index (Phi) is 4.19. The summed E-state index contributed by atoms with van der Waals surface area (Å²) >= 11 is 0. The predicted octanol–water partition coefficient (Wildman–Crippen LogP) is -1.61. The van der Waals surface area contributed by atoms with Crippen LogP contribution in [0.2, 0.25) is 0 Å². The van der Waals surface area contributed by atoms with Gasteiger partial charge in [0.15, 0.2) is 0 Å². The second kappa shape index (κ2) is 5.62. The van der Waals surface area contributed by atoms with Crippen molar-refractivity contribution in [1.29, 1.82) is 0 Å². The van der Waals surface area contributed by atoms with E-state index in [0.29, 0.717) is 0 Å². The maximum Gasteiger partial charge on any atom is 0.323 e. The van der Waals surface area contributed by atoms with Gasteiger partial charge in [-0.3, -0.25) is 19.2 Å². The fraction of sp³-hybridized carbons (Fsp3) is 0.200. The highest BCUT2D eigenvalue weighted by atomic mass is 16.4. The molecule has 8 nitrogen and oxygen atoms in total. The molecule has 0 saturated heterocycles. The number of nitrogens with two attached hydrogens (primary N) is 1. The minimum Gasteiger partial charge on any atom is -0.480 e. The summed E-state index contributed by atoms with van der Waals surface area (Å²) in [5, 5.41) is 8.63. The number of rotatable bonds is 5. The van der Waals surface area contributed by atoms with Crippen LogP contribution in [0, 0.1) is 0 Å². The molecule has 1 aromatic heterocycles. The standard InChI is InChI=1S/C10H11N3O5/c11-7(14)4-13(5-9(16)17)10(18)6-1-2-8(15)12-3-6/h1-3H,4-5H2,(H2,11,14)(H,12,15)(H,16,17). The lowest BCUT2D eigenvalue weighted by molar-refractivity contribution is -0.138. The Morgan fingerprint density at radius 1 is 1.28 bits per heavy atom. The summed E-state index contributed by atoms with van der Waals surface area (Å²) in [6.07, 6.45) is 1.14. The molecule has 0 bridgehead atoms. The summed E-state index contributed by atoms with van der Waals surface area (Å²) in [7, 11) is 0. The van der Waals surface area contributed by atoms with Gasteiger partial charge in [0.05, 0.1) is 5.56 Å². The van der Waals surface area contributed by atoms with Gasteiger partial charge in [-0.2, -0.15) is 0 Å². The highest BCUT2D eigenvalue weighted by Crippen LogP contribution is 2.01. The van der Waals surface area contributed by atoms with Gasteiger partial charge in [-0.15, -0.1) is 0 Å². The topological polar surface area (TPSA) is 134 Å². The number of carboxylic acids is 1. The van der Waals surface area contributed by atoms with Crippen molar-refractivity contribution in [3.05, 3.63) is 34.2 Å². The van der Waals surface area contributed by atoms with Gasteiger partial charge in [0, 0.05) is 12.3 Å². The highest BCUT2D eigenvalue weighted by Gasteiger charge is 2.20. The molecular weight excluding hydrogens is 242 g/mol. The average Bonchev–Trinajstić information content (AvgIpc) is 2.27. The van der Waals surface area contributed by atoms with E-state index in [1.54, 1.807) is 0 Å². The third kappa shape index (κ3) is 3.74. The van der Waals surface area contributed by atoms with Crippen LogP contribution in [-0.2, 0) is 9.59 Å². The zero-order valence-electron chi connectivity index (χ0n) is 9.25. The van der Waals surface area contributed by atoms with Crippen LogP contribution < -0.4 is 11.3 Å². The minimum atomic E-state index is -1.27. The summed E-state index contributed by atoms with van der Waals surface area (Å²) in [5.41, 5.74) is 4.60. The number of aromatic amines is 1. The minimum absolute atomic E-state index is 0.0668. The summed E-state index contributed by atoms with van der Waals surface area (Å²) in [4.78, 5) is 47.1. The molecule has 0 fully saturated rings. The average molecular weight is 253 g/mol. The van der Waals surface area contributed by atoms with Crippen LogP contribution in [0.25, 0.3) is 0 Å². The van der Waals surface area contributed by atoms with Gasteiger partial charge in [-0.05, 0) is 6.07 Å². The van der Waals surface area contributed by atoms with Crippen molar-refractivity contribution in [3.63, 3.8) is 0 Å². The Labute approximate surface area is 101 Å². The molecule has 0 radical (unpaired) electrons. The molecule has 0 aliphatic heterocycles. The molecule has 96 valence electrons. The number of pyridine rings is 1. The van der Waals surface area contributed by atoms with Gasteiger partial charge >= 0.3 is 5.97 Å². The van der Waals surface area contributed by atoms with Crippen LogP contribution in [-0.4, -0.2) is 45.9 Å². The van der Waals surface area contributed by atoms with Crippen LogP contribution in [0.3, 0.4) is 0 Å². The lowest BCUT2D eigenvalue weighted by Gasteiger charge is -2.18. The van der Waals surface area contributed by atoms with Gasteiger partial charge in [-0.25, -0.2) is 0 Å². The van der Waals surface area contributed by atoms with E-state index in [-0.39, 0.29) is 5.56 Å². The molecule has 0 spiro atoms. The molecule has 0 unspecified atom stereocenters. The number of primary amides is 1. The largest absolute Gasteiger partial charge is 0.480 e. The number of aliphatic carboxylic acids is 1. The number of aromatic nitrogens is 1. The predicted molar refractivity (Wildman–Crippen MR) is 59.8 cm³/mol. The first-order chi connectivity index (χ1) is 8.40. The lowest BCUT2D eigenvalue weighted by Crippen LogP contribution is -2.41. The lowest BCUT2D eigenvalue weighted by atomic mass is 10.2. The van der Waals surface area contributed by atoms with Crippen molar-refractivity contribution in [2.24, 2.45) is 5.73 Å². The summed E-state index contributed by atoms with van der Waals surface area (Å²) in [6.45, 7) is -1.16. The van der Waals surface area contributed by atoms with Crippen LogP contribution in [0.4, 0.5) is 0 Å². The second-order valence-electron chi connectivity index (χ2n) is 3.46. The molecule has 8 heteroatoms. The van der Waals surface area contributed by atoms with Crippen molar-refractivity contribution < 1.29 is 19.5 Å². The molecule has 0 aromatic carbocycles. The fourth-order valence-corrected chi connectivity index (χ4v) is 1.28. The number of carboxylic acid groups (broad SMARTS) is 1. The van der Waals surface area contributed by atoms with Gasteiger partial charge in [-0.1, -0.05) is 0 Å². The van der Waals surface area contributed by atoms with Crippen LogP contribution in [0.15, 0.2) is 23.1 Å². The molecule has 1 aromatic rings. The SMILES string of the molecule is NC(=O)CN(CC(=O)O)C(=O)c1ccc(=O)[nH]c1. The third-order valence-electron chi connectivity index (χ3n) is 1.99. The van der Waals surface area contributed by atoms with E-state index >= 15 is 0 Å². The molecule has 1 rings (SSSR count). The van der Waals surface area contributed by atoms with E-state index in [1.165, 1.54) is 6.07 Å². The summed E-state index contributed by atoms with van der Waals surface area (Å²) in [6, 6.07) is 2.35. The zero-order chi connectivity index (χ0) is 13.7. The monoisotopic (exact) mass is 253 g/mol. The van der Waals surface area contributed by atoms with Crippen molar-refractivity contribution in [1.82, 2.24) is 9.88 Å². The number of carbonyl (C=O) groups excluding carboxylic acids is 2.